The van der Waals surface area contributed by atoms with Crippen molar-refractivity contribution in [2.75, 3.05) is 0 Å². The van der Waals surface area contributed by atoms with Crippen molar-refractivity contribution in [2.24, 2.45) is 0 Å². The van der Waals surface area contributed by atoms with E-state index in [1.807, 2.05) is 17.5 Å². The zero-order chi connectivity index (χ0) is 16.1. The van der Waals surface area contributed by atoms with Gasteiger partial charge in [0, 0.05) is 17.3 Å². The predicted octanol–water partition coefficient (Wildman–Crippen LogP) is 3.62. The number of carbonyl (C=O) groups excluding carboxylic acids is 1. The predicted molar refractivity (Wildman–Crippen MR) is 91.5 cm³/mol. The third kappa shape index (κ3) is 3.63. The maximum Gasteiger partial charge on any atom is 0.272 e. The molecule has 2 heterocycles. The molecule has 5 heteroatoms. The topological polar surface area (TPSA) is 54.9 Å². The van der Waals surface area contributed by atoms with Gasteiger partial charge in [-0.3, -0.25) is 9.78 Å². The minimum atomic E-state index is -0.226. The van der Waals surface area contributed by atoms with Crippen LogP contribution in [0.3, 0.4) is 0 Å². The molecular weight excluding hydrogens is 306 g/mol. The first-order valence-electron chi connectivity index (χ1n) is 7.47. The lowest BCUT2D eigenvalue weighted by molar-refractivity contribution is 0.0938. The van der Waals surface area contributed by atoms with Crippen LogP contribution in [0.25, 0.3) is 0 Å². The minimum Gasteiger partial charge on any atom is -0.339 e. The van der Waals surface area contributed by atoms with Crippen LogP contribution in [0.5, 0.6) is 0 Å². The summed E-state index contributed by atoms with van der Waals surface area (Å²) < 4.78 is 0. The molecule has 4 nitrogen and oxygen atoms in total. The Morgan fingerprint density at radius 2 is 2.04 bits per heavy atom. The maximum atomic E-state index is 12.4. The quantitative estimate of drug-likeness (QED) is 0.780. The van der Waals surface area contributed by atoms with E-state index in [2.05, 4.69) is 46.5 Å². The molecule has 0 aliphatic heterocycles. The summed E-state index contributed by atoms with van der Waals surface area (Å²) in [7, 11) is 0. The average molecular weight is 323 g/mol. The number of nitrogens with one attached hydrogen (secondary N) is 1. The number of benzene rings is 1. The summed E-state index contributed by atoms with van der Waals surface area (Å²) in [4.78, 5) is 21.5. The lowest BCUT2D eigenvalue weighted by Gasteiger charge is -2.18. The Morgan fingerprint density at radius 1 is 1.22 bits per heavy atom. The number of hydrogen-bond acceptors (Lipinski definition) is 4. The lowest BCUT2D eigenvalue weighted by atomic mass is 10.0. The van der Waals surface area contributed by atoms with E-state index in [1.165, 1.54) is 18.0 Å². The number of rotatable bonds is 5. The van der Waals surface area contributed by atoms with Gasteiger partial charge in [-0.2, -0.15) is 0 Å². The highest BCUT2D eigenvalue weighted by Crippen LogP contribution is 2.26. The molecule has 23 heavy (non-hydrogen) atoms. The van der Waals surface area contributed by atoms with E-state index in [0.29, 0.717) is 5.69 Å². The Bertz CT molecular complexity index is 755. The standard InChI is InChI=1S/C18H17N3OS/c1-2-13-5-7-14(8-6-13)17(16-4-3-11-23-16)21-18(22)15-12-19-9-10-20-15/h3-12,17H,2H2,1H3,(H,21,22)/t17-/m0/s1. The largest absolute Gasteiger partial charge is 0.339 e. The van der Waals surface area contributed by atoms with Gasteiger partial charge in [0.15, 0.2) is 0 Å². The molecule has 1 atom stereocenters. The molecule has 0 aliphatic carbocycles. The number of carbonyl (C=O) groups is 1. The Hall–Kier alpha value is -2.53. The average Bonchev–Trinajstić information content (AvgIpc) is 3.15. The van der Waals surface area contributed by atoms with E-state index in [1.54, 1.807) is 17.5 Å². The van der Waals surface area contributed by atoms with Crippen LogP contribution in [0.4, 0.5) is 0 Å². The summed E-state index contributed by atoms with van der Waals surface area (Å²) in [5.74, 6) is -0.226. The van der Waals surface area contributed by atoms with Gasteiger partial charge in [0.2, 0.25) is 0 Å². The van der Waals surface area contributed by atoms with Gasteiger partial charge in [0.25, 0.3) is 5.91 Å². The second-order valence-electron chi connectivity index (χ2n) is 5.11. The van der Waals surface area contributed by atoms with E-state index in [0.717, 1.165) is 16.9 Å². The van der Waals surface area contributed by atoms with Crippen LogP contribution >= 0.6 is 11.3 Å². The number of nitrogens with zero attached hydrogens (tertiary/aromatic N) is 2. The van der Waals surface area contributed by atoms with E-state index in [-0.39, 0.29) is 11.9 Å². The molecule has 0 fully saturated rings. The lowest BCUT2D eigenvalue weighted by Crippen LogP contribution is -2.29. The third-order valence-electron chi connectivity index (χ3n) is 3.62. The fourth-order valence-corrected chi connectivity index (χ4v) is 3.14. The van der Waals surface area contributed by atoms with Gasteiger partial charge in [-0.15, -0.1) is 11.3 Å². The summed E-state index contributed by atoms with van der Waals surface area (Å²) in [5, 5.41) is 5.07. The smallest absolute Gasteiger partial charge is 0.272 e. The van der Waals surface area contributed by atoms with Gasteiger partial charge < -0.3 is 5.32 Å². The molecule has 0 spiro atoms. The van der Waals surface area contributed by atoms with Crippen LogP contribution in [0.2, 0.25) is 0 Å². The SMILES string of the molecule is CCc1ccc([C@H](NC(=O)c2cnccn2)c2cccs2)cc1. The van der Waals surface area contributed by atoms with Crippen LogP contribution in [0.15, 0.2) is 60.4 Å². The molecule has 2 aromatic heterocycles. The van der Waals surface area contributed by atoms with Crippen LogP contribution in [-0.2, 0) is 6.42 Å². The number of aryl methyl sites for hydroxylation is 1. The summed E-state index contributed by atoms with van der Waals surface area (Å²) in [6.45, 7) is 2.13. The van der Waals surface area contributed by atoms with Crippen molar-refractivity contribution in [2.45, 2.75) is 19.4 Å². The first-order valence-corrected chi connectivity index (χ1v) is 8.35. The summed E-state index contributed by atoms with van der Waals surface area (Å²) >= 11 is 1.62. The van der Waals surface area contributed by atoms with Gasteiger partial charge in [-0.25, -0.2) is 4.98 Å². The first-order chi connectivity index (χ1) is 11.3. The van der Waals surface area contributed by atoms with Crippen molar-refractivity contribution in [1.29, 1.82) is 0 Å². The van der Waals surface area contributed by atoms with Crippen LogP contribution in [-0.4, -0.2) is 15.9 Å². The van der Waals surface area contributed by atoms with Crippen molar-refractivity contribution < 1.29 is 4.79 Å². The second kappa shape index (κ2) is 7.15. The molecule has 0 saturated heterocycles. The van der Waals surface area contributed by atoms with Crippen molar-refractivity contribution in [3.63, 3.8) is 0 Å². The van der Waals surface area contributed by atoms with E-state index in [9.17, 15) is 4.79 Å². The highest BCUT2D eigenvalue weighted by molar-refractivity contribution is 7.10. The van der Waals surface area contributed by atoms with E-state index in [4.69, 9.17) is 0 Å². The van der Waals surface area contributed by atoms with E-state index >= 15 is 0 Å². The molecule has 1 amide bonds. The molecular formula is C18H17N3OS. The monoisotopic (exact) mass is 323 g/mol. The van der Waals surface area contributed by atoms with Gasteiger partial charge in [-0.1, -0.05) is 37.3 Å². The van der Waals surface area contributed by atoms with Crippen molar-refractivity contribution in [3.8, 4) is 0 Å². The van der Waals surface area contributed by atoms with Crippen molar-refractivity contribution in [1.82, 2.24) is 15.3 Å². The summed E-state index contributed by atoms with van der Waals surface area (Å²) in [5.41, 5.74) is 2.65. The summed E-state index contributed by atoms with van der Waals surface area (Å²) in [6, 6.07) is 12.2. The fraction of sp³-hybridized carbons (Fsp3) is 0.167. The number of thiophene rings is 1. The molecule has 0 radical (unpaired) electrons. The van der Waals surface area contributed by atoms with Crippen LogP contribution in [0.1, 0.15) is 39.5 Å². The van der Waals surface area contributed by atoms with Gasteiger partial charge in [0.05, 0.1) is 12.2 Å². The molecule has 0 unspecified atom stereocenters. The second-order valence-corrected chi connectivity index (χ2v) is 6.09. The molecule has 116 valence electrons. The molecule has 1 N–H and O–H groups in total. The number of aromatic nitrogens is 2. The highest BCUT2D eigenvalue weighted by atomic mass is 32.1. The third-order valence-corrected chi connectivity index (χ3v) is 4.56. The number of amides is 1. The number of hydrogen-bond donors (Lipinski definition) is 1. The fourth-order valence-electron chi connectivity index (χ4n) is 2.34. The Kier molecular flexibility index (Phi) is 4.78. The first kappa shape index (κ1) is 15.4. The summed E-state index contributed by atoms with van der Waals surface area (Å²) in [6.07, 6.45) is 5.54. The van der Waals surface area contributed by atoms with Crippen LogP contribution in [0, 0.1) is 0 Å². The minimum absolute atomic E-state index is 0.185. The van der Waals surface area contributed by atoms with Gasteiger partial charge in [0.1, 0.15) is 5.69 Å². The zero-order valence-corrected chi connectivity index (χ0v) is 13.6. The molecule has 0 saturated carbocycles. The zero-order valence-electron chi connectivity index (χ0n) is 12.8. The normalized spacial score (nSPS) is 11.9. The van der Waals surface area contributed by atoms with Gasteiger partial charge in [-0.05, 0) is 29.0 Å². The highest BCUT2D eigenvalue weighted by Gasteiger charge is 2.19. The van der Waals surface area contributed by atoms with Crippen LogP contribution < -0.4 is 5.32 Å². The Labute approximate surface area is 139 Å². The van der Waals surface area contributed by atoms with Crippen molar-refractivity contribution >= 4 is 17.2 Å². The molecule has 3 aromatic rings. The molecule has 0 bridgehead atoms. The maximum absolute atomic E-state index is 12.4. The molecule has 3 rings (SSSR count). The Balaban J connectivity index is 1.88. The van der Waals surface area contributed by atoms with Gasteiger partial charge >= 0.3 is 0 Å². The molecule has 1 aromatic carbocycles. The van der Waals surface area contributed by atoms with E-state index < -0.39 is 0 Å². The van der Waals surface area contributed by atoms with Crippen molar-refractivity contribution in [3.05, 3.63) is 82.1 Å². The Morgan fingerprint density at radius 3 is 2.65 bits per heavy atom. The molecule has 0 aliphatic rings.